The molecule has 3 unspecified atom stereocenters. The van der Waals surface area contributed by atoms with Crippen molar-refractivity contribution in [1.82, 2.24) is 4.90 Å². The number of piperidine rings is 1. The standard InChI is InChI=1S/C11H21N3O3/c1-7(17-2)9-5-8(11(13)16)3-4-14(9)10(15)6-12/h7-9H,3-6,12H2,1-2H3,(H2,13,16). The Morgan fingerprint density at radius 1 is 1.53 bits per heavy atom. The van der Waals surface area contributed by atoms with Gasteiger partial charge in [0.1, 0.15) is 0 Å². The summed E-state index contributed by atoms with van der Waals surface area (Å²) < 4.78 is 5.26. The van der Waals surface area contributed by atoms with E-state index in [-0.39, 0.29) is 36.4 Å². The zero-order valence-corrected chi connectivity index (χ0v) is 10.4. The minimum Gasteiger partial charge on any atom is -0.380 e. The van der Waals surface area contributed by atoms with E-state index < -0.39 is 0 Å². The zero-order valence-electron chi connectivity index (χ0n) is 10.4. The Kier molecular flexibility index (Phi) is 4.89. The van der Waals surface area contributed by atoms with Gasteiger partial charge in [0, 0.05) is 19.6 Å². The van der Waals surface area contributed by atoms with Gasteiger partial charge in [-0.05, 0) is 19.8 Å². The van der Waals surface area contributed by atoms with E-state index in [1.807, 2.05) is 6.92 Å². The number of rotatable bonds is 4. The Balaban J connectivity index is 2.79. The quantitative estimate of drug-likeness (QED) is 0.666. The third-order valence-electron chi connectivity index (χ3n) is 3.46. The summed E-state index contributed by atoms with van der Waals surface area (Å²) in [5.41, 5.74) is 10.7. The van der Waals surface area contributed by atoms with Gasteiger partial charge in [0.2, 0.25) is 11.8 Å². The normalized spacial score (nSPS) is 26.6. The van der Waals surface area contributed by atoms with E-state index in [1.54, 1.807) is 12.0 Å². The minimum absolute atomic E-state index is 0.0197. The lowest BCUT2D eigenvalue weighted by Crippen LogP contribution is -2.54. The van der Waals surface area contributed by atoms with Crippen molar-refractivity contribution < 1.29 is 14.3 Å². The SMILES string of the molecule is COC(C)C1CC(C(N)=O)CCN1C(=O)CN. The van der Waals surface area contributed by atoms with E-state index in [2.05, 4.69) is 0 Å². The lowest BCUT2D eigenvalue weighted by molar-refractivity contribution is -0.140. The van der Waals surface area contributed by atoms with E-state index in [0.717, 1.165) is 0 Å². The molecule has 4 N–H and O–H groups in total. The molecule has 0 radical (unpaired) electrons. The smallest absolute Gasteiger partial charge is 0.236 e. The molecule has 6 heteroatoms. The van der Waals surface area contributed by atoms with Crippen molar-refractivity contribution in [3.8, 4) is 0 Å². The van der Waals surface area contributed by atoms with Gasteiger partial charge in [-0.1, -0.05) is 0 Å². The molecule has 6 nitrogen and oxygen atoms in total. The maximum absolute atomic E-state index is 11.7. The number of likely N-dealkylation sites (tertiary alicyclic amines) is 1. The number of hydrogen-bond donors (Lipinski definition) is 2. The van der Waals surface area contributed by atoms with Gasteiger partial charge in [0.25, 0.3) is 0 Å². The van der Waals surface area contributed by atoms with E-state index in [4.69, 9.17) is 16.2 Å². The number of methoxy groups -OCH3 is 1. The molecule has 0 aromatic rings. The van der Waals surface area contributed by atoms with E-state index in [9.17, 15) is 9.59 Å². The van der Waals surface area contributed by atoms with Crippen molar-refractivity contribution in [2.75, 3.05) is 20.2 Å². The van der Waals surface area contributed by atoms with Gasteiger partial charge in [-0.3, -0.25) is 9.59 Å². The zero-order chi connectivity index (χ0) is 13.0. The number of ether oxygens (including phenoxy) is 1. The number of hydrogen-bond acceptors (Lipinski definition) is 4. The highest BCUT2D eigenvalue weighted by Gasteiger charge is 2.36. The van der Waals surface area contributed by atoms with Gasteiger partial charge in [0.15, 0.2) is 0 Å². The highest BCUT2D eigenvalue weighted by molar-refractivity contribution is 5.80. The summed E-state index contributed by atoms with van der Waals surface area (Å²) in [5, 5.41) is 0. The first-order valence-electron chi connectivity index (χ1n) is 5.82. The highest BCUT2D eigenvalue weighted by Crippen LogP contribution is 2.25. The van der Waals surface area contributed by atoms with Crippen LogP contribution in [0.5, 0.6) is 0 Å². The fourth-order valence-corrected chi connectivity index (χ4v) is 2.28. The molecule has 1 fully saturated rings. The summed E-state index contributed by atoms with van der Waals surface area (Å²) >= 11 is 0. The van der Waals surface area contributed by atoms with Crippen LogP contribution in [-0.2, 0) is 14.3 Å². The second kappa shape index (κ2) is 5.97. The molecule has 1 saturated heterocycles. The van der Waals surface area contributed by atoms with Crippen LogP contribution in [0, 0.1) is 5.92 Å². The van der Waals surface area contributed by atoms with Crippen LogP contribution in [0.3, 0.4) is 0 Å². The molecule has 0 spiro atoms. The summed E-state index contributed by atoms with van der Waals surface area (Å²) in [4.78, 5) is 24.6. The molecule has 1 aliphatic heterocycles. The summed E-state index contributed by atoms with van der Waals surface area (Å²) in [6.45, 7) is 2.38. The fourth-order valence-electron chi connectivity index (χ4n) is 2.28. The van der Waals surface area contributed by atoms with Gasteiger partial charge in [-0.2, -0.15) is 0 Å². The van der Waals surface area contributed by atoms with E-state index in [0.29, 0.717) is 19.4 Å². The van der Waals surface area contributed by atoms with Gasteiger partial charge in [0.05, 0.1) is 18.7 Å². The molecule has 98 valence electrons. The van der Waals surface area contributed by atoms with Gasteiger partial charge >= 0.3 is 0 Å². The van der Waals surface area contributed by atoms with Crippen LogP contribution in [0.1, 0.15) is 19.8 Å². The lowest BCUT2D eigenvalue weighted by Gasteiger charge is -2.41. The first kappa shape index (κ1) is 13.9. The largest absolute Gasteiger partial charge is 0.380 e. The van der Waals surface area contributed by atoms with Gasteiger partial charge < -0.3 is 21.1 Å². The Bertz CT molecular complexity index is 296. The van der Waals surface area contributed by atoms with Crippen LogP contribution in [-0.4, -0.2) is 49.1 Å². The van der Waals surface area contributed by atoms with E-state index >= 15 is 0 Å². The lowest BCUT2D eigenvalue weighted by atomic mass is 9.88. The predicted octanol–water partition coefficient (Wildman–Crippen LogP) is -0.927. The monoisotopic (exact) mass is 243 g/mol. The molecule has 17 heavy (non-hydrogen) atoms. The second-order valence-corrected chi connectivity index (χ2v) is 4.42. The average Bonchev–Trinajstić information content (AvgIpc) is 2.35. The van der Waals surface area contributed by atoms with Crippen molar-refractivity contribution in [3.05, 3.63) is 0 Å². The Labute approximate surface area is 101 Å². The van der Waals surface area contributed by atoms with Crippen molar-refractivity contribution >= 4 is 11.8 Å². The van der Waals surface area contributed by atoms with E-state index in [1.165, 1.54) is 0 Å². The van der Waals surface area contributed by atoms with Crippen LogP contribution in [0.2, 0.25) is 0 Å². The molecule has 2 amide bonds. The average molecular weight is 243 g/mol. The summed E-state index contributed by atoms with van der Waals surface area (Å²) in [6.07, 6.45) is 1.03. The van der Waals surface area contributed by atoms with Crippen LogP contribution in [0.25, 0.3) is 0 Å². The molecule has 0 aromatic heterocycles. The maximum Gasteiger partial charge on any atom is 0.236 e. The third kappa shape index (κ3) is 3.17. The first-order valence-corrected chi connectivity index (χ1v) is 5.82. The van der Waals surface area contributed by atoms with Crippen molar-refractivity contribution in [2.45, 2.75) is 31.9 Å². The van der Waals surface area contributed by atoms with Crippen LogP contribution in [0.15, 0.2) is 0 Å². The van der Waals surface area contributed by atoms with Crippen molar-refractivity contribution in [1.29, 1.82) is 0 Å². The van der Waals surface area contributed by atoms with Crippen LogP contribution in [0.4, 0.5) is 0 Å². The van der Waals surface area contributed by atoms with Crippen molar-refractivity contribution in [2.24, 2.45) is 17.4 Å². The summed E-state index contributed by atoms with van der Waals surface area (Å²) in [6, 6.07) is -0.123. The fraction of sp³-hybridized carbons (Fsp3) is 0.818. The number of amides is 2. The summed E-state index contributed by atoms with van der Waals surface area (Å²) in [7, 11) is 1.59. The molecule has 1 rings (SSSR count). The highest BCUT2D eigenvalue weighted by atomic mass is 16.5. The second-order valence-electron chi connectivity index (χ2n) is 4.42. The first-order chi connectivity index (χ1) is 8.01. The molecule has 1 heterocycles. The van der Waals surface area contributed by atoms with Gasteiger partial charge in [-0.25, -0.2) is 0 Å². The van der Waals surface area contributed by atoms with Crippen molar-refractivity contribution in [3.63, 3.8) is 0 Å². The molecule has 3 atom stereocenters. The number of nitrogens with zero attached hydrogens (tertiary/aromatic N) is 1. The number of carbonyl (C=O) groups excluding carboxylic acids is 2. The Hall–Kier alpha value is -1.14. The summed E-state index contributed by atoms with van der Waals surface area (Å²) in [5.74, 6) is -0.598. The minimum atomic E-state index is -0.307. The molecule has 0 aromatic carbocycles. The number of nitrogens with two attached hydrogens (primary N) is 2. The Morgan fingerprint density at radius 3 is 2.65 bits per heavy atom. The number of primary amides is 1. The molecular weight excluding hydrogens is 222 g/mol. The number of carbonyl (C=O) groups is 2. The van der Waals surface area contributed by atoms with Crippen LogP contribution >= 0.6 is 0 Å². The maximum atomic E-state index is 11.7. The topological polar surface area (TPSA) is 98.6 Å². The molecule has 0 aliphatic carbocycles. The van der Waals surface area contributed by atoms with Crippen LogP contribution < -0.4 is 11.5 Å². The molecule has 0 saturated carbocycles. The Morgan fingerprint density at radius 2 is 2.18 bits per heavy atom. The van der Waals surface area contributed by atoms with Gasteiger partial charge in [-0.15, -0.1) is 0 Å². The predicted molar refractivity (Wildman–Crippen MR) is 62.9 cm³/mol. The molecular formula is C11H21N3O3. The molecule has 1 aliphatic rings. The molecule has 0 bridgehead atoms. The third-order valence-corrected chi connectivity index (χ3v) is 3.46.